The minimum Gasteiger partial charge on any atom is -0.321 e. The van der Waals surface area contributed by atoms with Crippen molar-refractivity contribution >= 4 is 46.0 Å². The van der Waals surface area contributed by atoms with Crippen LogP contribution in [0.2, 0.25) is 0 Å². The van der Waals surface area contributed by atoms with Crippen LogP contribution >= 0.6 is 7.26 Å². The summed E-state index contributed by atoms with van der Waals surface area (Å²) in [5.74, 6) is -0.769. The van der Waals surface area contributed by atoms with Crippen LogP contribution < -0.4 is 26.5 Å². The van der Waals surface area contributed by atoms with Crippen LogP contribution in [0.25, 0.3) is 5.31 Å². The molecule has 0 aliphatic carbocycles. The molecular weight excluding hydrogens is 583 g/mol. The zero-order chi connectivity index (χ0) is 31.8. The zero-order valence-corrected chi connectivity index (χ0v) is 26.4. The molecule has 224 valence electrons. The molecule has 5 heteroatoms. The van der Waals surface area contributed by atoms with Crippen molar-refractivity contribution in [3.8, 4) is 0 Å². The molecule has 0 aliphatic rings. The summed E-state index contributed by atoms with van der Waals surface area (Å²) < 4.78 is 0. The molecule has 6 aromatic carbocycles. The number of hydrogen-bond donors (Lipinski definition) is 2. The van der Waals surface area contributed by atoms with Crippen LogP contribution in [0.5, 0.6) is 0 Å². The Morgan fingerprint density at radius 3 is 1.30 bits per heavy atom. The molecule has 6 aromatic rings. The minimum atomic E-state index is -2.85. The van der Waals surface area contributed by atoms with E-state index in [1.165, 1.54) is 0 Å². The second-order valence-electron chi connectivity index (χ2n) is 10.9. The smallest absolute Gasteiger partial charge is 0.276 e. The van der Waals surface area contributed by atoms with Crippen molar-refractivity contribution in [2.24, 2.45) is 0 Å². The van der Waals surface area contributed by atoms with Gasteiger partial charge in [0.05, 0.1) is 0 Å². The Balaban J connectivity index is 1.74. The van der Waals surface area contributed by atoms with Crippen LogP contribution in [0.15, 0.2) is 182 Å². The maximum Gasteiger partial charge on any atom is 0.276 e. The van der Waals surface area contributed by atoms with E-state index in [1.807, 2.05) is 134 Å². The molecule has 4 nitrogen and oxygen atoms in total. The Morgan fingerprint density at radius 2 is 0.870 bits per heavy atom. The second-order valence-corrected chi connectivity index (χ2v) is 14.2. The van der Waals surface area contributed by atoms with Crippen molar-refractivity contribution in [3.63, 3.8) is 0 Å². The normalized spacial score (nSPS) is 11.7. The first-order valence-electron chi connectivity index (χ1n) is 15.2. The lowest BCUT2D eigenvalue weighted by molar-refractivity contribution is -0.113. The van der Waals surface area contributed by atoms with E-state index < -0.39 is 13.2 Å². The van der Waals surface area contributed by atoms with Gasteiger partial charge in [0.1, 0.15) is 28.5 Å². The van der Waals surface area contributed by atoms with Crippen molar-refractivity contribution < 1.29 is 9.59 Å². The summed E-state index contributed by atoms with van der Waals surface area (Å²) in [5, 5.41) is 10.2. The third kappa shape index (κ3) is 6.30. The van der Waals surface area contributed by atoms with Crippen LogP contribution in [0.3, 0.4) is 0 Å². The lowest BCUT2D eigenvalue weighted by atomic mass is 10.1. The van der Waals surface area contributed by atoms with Crippen molar-refractivity contribution in [1.82, 2.24) is 5.32 Å². The molecule has 0 heterocycles. The molecule has 0 saturated carbocycles. The van der Waals surface area contributed by atoms with Gasteiger partial charge in [-0.15, -0.1) is 0 Å². The SMILES string of the molecule is Cc1ccc(NC(=O)/C(NC(=O)c2ccccc2)=C(/c2ccccc2)[P+](c2ccccc2)(c2ccccc2)c2ccccc2)cc1. The van der Waals surface area contributed by atoms with E-state index in [0.29, 0.717) is 11.3 Å². The van der Waals surface area contributed by atoms with Crippen molar-refractivity contribution in [2.45, 2.75) is 6.92 Å². The molecule has 0 aliphatic heterocycles. The van der Waals surface area contributed by atoms with E-state index in [2.05, 4.69) is 47.0 Å². The number of carbonyl (C=O) groups excluding carboxylic acids is 2. The first-order valence-corrected chi connectivity index (χ1v) is 17.0. The molecule has 2 amide bonds. The highest BCUT2D eigenvalue weighted by molar-refractivity contribution is 8.03. The molecule has 0 saturated heterocycles. The summed E-state index contributed by atoms with van der Waals surface area (Å²) in [7, 11) is -2.85. The van der Waals surface area contributed by atoms with Crippen molar-refractivity contribution in [2.75, 3.05) is 5.32 Å². The van der Waals surface area contributed by atoms with E-state index in [0.717, 1.165) is 32.4 Å². The number of rotatable bonds is 9. The Morgan fingerprint density at radius 1 is 0.478 bits per heavy atom. The monoisotopic (exact) mass is 617 g/mol. The van der Waals surface area contributed by atoms with Crippen molar-refractivity contribution in [1.29, 1.82) is 0 Å². The summed E-state index contributed by atoms with van der Waals surface area (Å²) >= 11 is 0. The van der Waals surface area contributed by atoms with Gasteiger partial charge in [0.2, 0.25) is 0 Å². The van der Waals surface area contributed by atoms with E-state index >= 15 is 0 Å². The summed E-state index contributed by atoms with van der Waals surface area (Å²) in [5.41, 5.74) is 3.22. The highest BCUT2D eigenvalue weighted by atomic mass is 31.2. The summed E-state index contributed by atoms with van der Waals surface area (Å²) in [6, 6.07) is 57.6. The predicted molar refractivity (Wildman–Crippen MR) is 192 cm³/mol. The van der Waals surface area contributed by atoms with Crippen molar-refractivity contribution in [3.05, 3.63) is 198 Å². The topological polar surface area (TPSA) is 58.2 Å². The average Bonchev–Trinajstić information content (AvgIpc) is 3.12. The fourth-order valence-electron chi connectivity index (χ4n) is 5.72. The Bertz CT molecular complexity index is 1850. The molecule has 0 atom stereocenters. The van der Waals surface area contributed by atoms with E-state index in [-0.39, 0.29) is 11.6 Å². The van der Waals surface area contributed by atoms with Gasteiger partial charge >= 0.3 is 0 Å². The van der Waals surface area contributed by atoms with E-state index in [1.54, 1.807) is 12.1 Å². The van der Waals surface area contributed by atoms with Gasteiger partial charge in [-0.05, 0) is 67.6 Å². The van der Waals surface area contributed by atoms with Gasteiger partial charge in [-0.2, -0.15) is 0 Å². The number of amides is 2. The van der Waals surface area contributed by atoms with Crippen LogP contribution in [-0.4, -0.2) is 11.8 Å². The molecule has 0 bridgehead atoms. The fourth-order valence-corrected chi connectivity index (χ4v) is 10.3. The quantitative estimate of drug-likeness (QED) is 0.129. The molecule has 0 aromatic heterocycles. The maximum absolute atomic E-state index is 14.8. The maximum atomic E-state index is 14.8. The van der Waals surface area contributed by atoms with Gasteiger partial charge in [-0.1, -0.05) is 121 Å². The highest BCUT2D eigenvalue weighted by Crippen LogP contribution is 2.67. The molecule has 0 radical (unpaired) electrons. The third-order valence-corrected chi connectivity index (χ3v) is 12.2. The molecule has 0 fully saturated rings. The van der Waals surface area contributed by atoms with Gasteiger partial charge in [-0.25, -0.2) is 0 Å². The number of hydrogen-bond acceptors (Lipinski definition) is 2. The molecule has 46 heavy (non-hydrogen) atoms. The fraction of sp³-hybridized carbons (Fsp3) is 0.0244. The lowest BCUT2D eigenvalue weighted by Crippen LogP contribution is -2.37. The van der Waals surface area contributed by atoms with E-state index in [4.69, 9.17) is 0 Å². The zero-order valence-electron chi connectivity index (χ0n) is 25.5. The molecule has 0 unspecified atom stereocenters. The molecule has 0 spiro atoms. The minimum absolute atomic E-state index is 0.200. The first-order chi connectivity index (χ1) is 22.6. The molecular formula is C41H34N2O2P+. The number of anilines is 1. The van der Waals surface area contributed by atoms with Gasteiger partial charge < -0.3 is 10.6 Å². The summed E-state index contributed by atoms with van der Waals surface area (Å²) in [4.78, 5) is 28.8. The van der Waals surface area contributed by atoms with Gasteiger partial charge in [-0.3, -0.25) is 9.59 Å². The first kappa shape index (κ1) is 30.5. The highest BCUT2D eigenvalue weighted by Gasteiger charge is 2.52. The van der Waals surface area contributed by atoms with Gasteiger partial charge in [0, 0.05) is 16.8 Å². The summed E-state index contributed by atoms with van der Waals surface area (Å²) in [6.45, 7) is 2.00. The van der Waals surface area contributed by atoms with Crippen LogP contribution in [0.4, 0.5) is 5.69 Å². The number of aryl methyl sites for hydroxylation is 1. The van der Waals surface area contributed by atoms with Gasteiger partial charge in [0.25, 0.3) is 11.8 Å². The van der Waals surface area contributed by atoms with Crippen LogP contribution in [0.1, 0.15) is 21.5 Å². The standard InChI is InChI=1S/C41H33N2O2P/c1-31-27-29-34(30-28-31)42-41(45)38(43-40(44)33-19-9-3-10-20-33)39(32-17-7-2-8-18-32)46(35-21-11-4-12-22-35,36-23-13-5-14-24-36)37-25-15-6-16-26-37/h2-30H,1H3,(H-,42,43,44,45)/p+1/b39-38+. The lowest BCUT2D eigenvalue weighted by Gasteiger charge is -2.31. The van der Waals surface area contributed by atoms with Crippen LogP contribution in [-0.2, 0) is 4.79 Å². The van der Waals surface area contributed by atoms with Crippen LogP contribution in [0, 0.1) is 6.92 Å². The Labute approximate surface area is 270 Å². The molecule has 2 N–H and O–H groups in total. The predicted octanol–water partition coefficient (Wildman–Crippen LogP) is 7.73. The number of carbonyl (C=O) groups is 2. The molecule has 6 rings (SSSR count). The Hall–Kier alpha value is -5.57. The third-order valence-electron chi connectivity index (χ3n) is 7.86. The number of nitrogens with one attached hydrogen (secondary N) is 2. The average molecular weight is 618 g/mol. The largest absolute Gasteiger partial charge is 0.321 e. The van der Waals surface area contributed by atoms with Gasteiger partial charge in [0.15, 0.2) is 5.70 Å². The number of benzene rings is 6. The second kappa shape index (κ2) is 14.0. The van der Waals surface area contributed by atoms with E-state index in [9.17, 15) is 9.59 Å². The Kier molecular flexibility index (Phi) is 9.29. The summed E-state index contributed by atoms with van der Waals surface area (Å²) in [6.07, 6.45) is 0.